The fraction of sp³-hybridized carbons (Fsp3) is 0.478. The lowest BCUT2D eigenvalue weighted by Gasteiger charge is -2.26. The van der Waals surface area contributed by atoms with Gasteiger partial charge >= 0.3 is 0 Å². The Balaban J connectivity index is 1.71. The average molecular weight is 459 g/mol. The molecule has 32 heavy (non-hydrogen) atoms. The van der Waals surface area contributed by atoms with Gasteiger partial charge in [0, 0.05) is 38.1 Å². The second-order valence-corrected chi connectivity index (χ2v) is 8.35. The van der Waals surface area contributed by atoms with Gasteiger partial charge in [-0.1, -0.05) is 30.3 Å². The van der Waals surface area contributed by atoms with Crippen molar-refractivity contribution in [3.63, 3.8) is 0 Å². The number of rotatable bonds is 9. The number of hydrogen-bond donors (Lipinski definition) is 0. The van der Waals surface area contributed by atoms with Crippen molar-refractivity contribution < 1.29 is 19.1 Å². The first kappa shape index (κ1) is 23.9. The van der Waals surface area contributed by atoms with Crippen molar-refractivity contribution in [3.05, 3.63) is 52.5 Å². The van der Waals surface area contributed by atoms with Crippen LogP contribution in [-0.4, -0.2) is 89.4 Å². The maximum Gasteiger partial charge on any atom is 0.273 e. The van der Waals surface area contributed by atoms with Crippen LogP contribution in [0.3, 0.4) is 0 Å². The zero-order chi connectivity index (χ0) is 22.9. The van der Waals surface area contributed by atoms with E-state index in [1.54, 1.807) is 20.7 Å². The maximum absolute atomic E-state index is 13.0. The number of aromatic nitrogens is 1. The molecule has 1 aromatic heterocycles. The summed E-state index contributed by atoms with van der Waals surface area (Å²) in [6.45, 7) is 6.04. The van der Waals surface area contributed by atoms with E-state index < -0.39 is 6.10 Å². The number of amides is 3. The number of carbonyl (C=O) groups excluding carboxylic acids is 3. The lowest BCUT2D eigenvalue weighted by molar-refractivity contribution is -0.138. The summed E-state index contributed by atoms with van der Waals surface area (Å²) in [6.07, 6.45) is 0.247. The third-order valence-corrected chi connectivity index (χ3v) is 6.12. The Hall–Kier alpha value is -2.78. The molecule has 0 N–H and O–H groups in total. The largest absolute Gasteiger partial charge is 0.365 e. The minimum atomic E-state index is -0.459. The first-order chi connectivity index (χ1) is 15.5. The summed E-state index contributed by atoms with van der Waals surface area (Å²) in [5, 5.41) is 1.67. The van der Waals surface area contributed by atoms with Gasteiger partial charge in [-0.3, -0.25) is 14.4 Å². The van der Waals surface area contributed by atoms with Crippen molar-refractivity contribution in [1.29, 1.82) is 0 Å². The zero-order valence-corrected chi connectivity index (χ0v) is 19.4. The van der Waals surface area contributed by atoms with Crippen LogP contribution in [0.4, 0.5) is 0 Å². The molecule has 1 aliphatic rings. The van der Waals surface area contributed by atoms with E-state index in [0.29, 0.717) is 38.3 Å². The molecular weight excluding hydrogens is 428 g/mol. The van der Waals surface area contributed by atoms with Crippen LogP contribution in [-0.2, 0) is 20.7 Å². The smallest absolute Gasteiger partial charge is 0.273 e. The standard InChI is InChI=1S/C23H30N4O4S/c1-3-25(4-2)22(29)15-31-19-12-26(11-10-18-8-6-5-7-9-18)21(28)14-27(13-19)23(30)20-16-32-17-24-20/h5-9,16-17,19H,3-4,10-15H2,1-2H3/t19-/m0/s1. The Morgan fingerprint density at radius 2 is 1.94 bits per heavy atom. The van der Waals surface area contributed by atoms with E-state index in [9.17, 15) is 14.4 Å². The Labute approximate surface area is 192 Å². The molecule has 0 radical (unpaired) electrons. The number of thiazole rings is 1. The molecule has 0 saturated carbocycles. The Kier molecular flexibility index (Phi) is 8.75. The molecular formula is C23H30N4O4S. The first-order valence-electron chi connectivity index (χ1n) is 10.9. The van der Waals surface area contributed by atoms with Gasteiger partial charge in [0.05, 0.1) is 11.6 Å². The molecule has 1 saturated heterocycles. The van der Waals surface area contributed by atoms with Crippen LogP contribution in [0, 0.1) is 0 Å². The molecule has 0 unspecified atom stereocenters. The lowest BCUT2D eigenvalue weighted by Crippen LogP contribution is -2.41. The van der Waals surface area contributed by atoms with Crippen molar-refractivity contribution in [2.45, 2.75) is 26.4 Å². The highest BCUT2D eigenvalue weighted by atomic mass is 32.1. The van der Waals surface area contributed by atoms with Gasteiger partial charge in [-0.05, 0) is 25.8 Å². The van der Waals surface area contributed by atoms with Crippen LogP contribution < -0.4 is 0 Å². The summed E-state index contributed by atoms with van der Waals surface area (Å²) >= 11 is 1.33. The second kappa shape index (κ2) is 11.7. The van der Waals surface area contributed by atoms with E-state index in [2.05, 4.69) is 4.98 Å². The van der Waals surface area contributed by atoms with Crippen LogP contribution in [0.5, 0.6) is 0 Å². The highest BCUT2D eigenvalue weighted by Crippen LogP contribution is 2.14. The monoisotopic (exact) mass is 458 g/mol. The Morgan fingerprint density at radius 3 is 2.59 bits per heavy atom. The van der Waals surface area contributed by atoms with E-state index in [0.717, 1.165) is 5.56 Å². The van der Waals surface area contributed by atoms with Crippen molar-refractivity contribution in [1.82, 2.24) is 19.7 Å². The molecule has 3 amide bonds. The van der Waals surface area contributed by atoms with Gasteiger partial charge in [0.15, 0.2) is 0 Å². The van der Waals surface area contributed by atoms with Gasteiger partial charge in [-0.2, -0.15) is 0 Å². The third-order valence-electron chi connectivity index (χ3n) is 5.54. The van der Waals surface area contributed by atoms with Crippen molar-refractivity contribution in [2.75, 3.05) is 45.9 Å². The van der Waals surface area contributed by atoms with Crippen LogP contribution in [0.25, 0.3) is 0 Å². The summed E-state index contributed by atoms with van der Waals surface area (Å²) in [6, 6.07) is 9.95. The van der Waals surface area contributed by atoms with Gasteiger partial charge in [0.25, 0.3) is 5.91 Å². The number of nitrogens with zero attached hydrogens (tertiary/aromatic N) is 4. The summed E-state index contributed by atoms with van der Waals surface area (Å²) in [4.78, 5) is 47.3. The van der Waals surface area contributed by atoms with Gasteiger partial charge in [0.2, 0.25) is 11.8 Å². The van der Waals surface area contributed by atoms with Crippen LogP contribution in [0.2, 0.25) is 0 Å². The summed E-state index contributed by atoms with van der Waals surface area (Å²) in [5.41, 5.74) is 3.04. The van der Waals surface area contributed by atoms with Crippen molar-refractivity contribution >= 4 is 29.1 Å². The quantitative estimate of drug-likeness (QED) is 0.573. The molecule has 3 rings (SSSR count). The Morgan fingerprint density at radius 1 is 1.19 bits per heavy atom. The molecule has 172 valence electrons. The number of likely N-dealkylation sites (N-methyl/N-ethyl adjacent to an activating group) is 1. The predicted molar refractivity (Wildman–Crippen MR) is 122 cm³/mol. The molecule has 1 fully saturated rings. The van der Waals surface area contributed by atoms with Gasteiger partial charge in [0.1, 0.15) is 18.8 Å². The van der Waals surface area contributed by atoms with Gasteiger partial charge < -0.3 is 19.4 Å². The fourth-order valence-electron chi connectivity index (χ4n) is 3.70. The van der Waals surface area contributed by atoms with E-state index >= 15 is 0 Å². The number of ether oxygens (including phenoxy) is 1. The summed E-state index contributed by atoms with van der Waals surface area (Å²) < 4.78 is 5.94. The predicted octanol–water partition coefficient (Wildman–Crippen LogP) is 1.92. The van der Waals surface area contributed by atoms with Crippen molar-refractivity contribution in [3.8, 4) is 0 Å². The van der Waals surface area contributed by atoms with E-state index in [1.165, 1.54) is 16.2 Å². The SMILES string of the molecule is CCN(CC)C(=O)CO[C@H]1CN(CCc2ccccc2)C(=O)CN(C(=O)c2cscn2)C1. The molecule has 9 heteroatoms. The van der Waals surface area contributed by atoms with Gasteiger partial charge in [-0.25, -0.2) is 4.98 Å². The highest BCUT2D eigenvalue weighted by molar-refractivity contribution is 7.07. The molecule has 0 spiro atoms. The van der Waals surface area contributed by atoms with Gasteiger partial charge in [-0.15, -0.1) is 11.3 Å². The molecule has 1 aliphatic heterocycles. The lowest BCUT2D eigenvalue weighted by atomic mass is 10.1. The second-order valence-electron chi connectivity index (χ2n) is 7.63. The molecule has 1 aromatic carbocycles. The highest BCUT2D eigenvalue weighted by Gasteiger charge is 2.32. The average Bonchev–Trinajstić information content (AvgIpc) is 3.29. The molecule has 1 atom stereocenters. The Bertz CT molecular complexity index is 887. The zero-order valence-electron chi connectivity index (χ0n) is 18.6. The minimum absolute atomic E-state index is 0.0327. The topological polar surface area (TPSA) is 83.0 Å². The summed E-state index contributed by atoms with van der Waals surface area (Å²) in [5.74, 6) is -0.530. The van der Waals surface area contributed by atoms with Crippen LogP contribution in [0.15, 0.2) is 41.2 Å². The molecule has 0 bridgehead atoms. The number of carbonyl (C=O) groups is 3. The van der Waals surface area contributed by atoms with E-state index in [1.807, 2.05) is 44.2 Å². The van der Waals surface area contributed by atoms with Crippen molar-refractivity contribution in [2.24, 2.45) is 0 Å². The maximum atomic E-state index is 13.0. The fourth-order valence-corrected chi connectivity index (χ4v) is 4.23. The molecule has 8 nitrogen and oxygen atoms in total. The minimum Gasteiger partial charge on any atom is -0.365 e. The third kappa shape index (κ3) is 6.37. The summed E-state index contributed by atoms with van der Waals surface area (Å²) in [7, 11) is 0. The van der Waals surface area contributed by atoms with Crippen LogP contribution in [0.1, 0.15) is 29.9 Å². The molecule has 2 heterocycles. The van der Waals surface area contributed by atoms with E-state index in [4.69, 9.17) is 4.74 Å². The number of benzene rings is 1. The first-order valence-corrected chi connectivity index (χ1v) is 11.8. The number of hydrogen-bond acceptors (Lipinski definition) is 6. The molecule has 2 aromatic rings. The van der Waals surface area contributed by atoms with Crippen LogP contribution >= 0.6 is 11.3 Å². The van der Waals surface area contributed by atoms with E-state index in [-0.39, 0.29) is 37.4 Å². The molecule has 0 aliphatic carbocycles. The normalized spacial score (nSPS) is 16.7.